The van der Waals surface area contributed by atoms with E-state index in [0.717, 1.165) is 50.4 Å². The van der Waals surface area contributed by atoms with Crippen molar-refractivity contribution >= 4 is 5.91 Å². The minimum absolute atomic E-state index is 0.0879. The maximum Gasteiger partial charge on any atom is 0.225 e. The molecule has 8 heteroatoms. The SMILES string of the molecule is Cc1cncc(CN2CCO[C@@](COc3ccc(F)cc3)(CC(=O)N3CCN(C)CC3)C2)c1. The summed E-state index contributed by atoms with van der Waals surface area (Å²) in [6.07, 6.45) is 3.98. The van der Waals surface area contributed by atoms with Gasteiger partial charge in [-0.1, -0.05) is 6.07 Å². The molecule has 4 rings (SSSR count). The minimum atomic E-state index is -0.773. The Kier molecular flexibility index (Phi) is 7.57. The third-order valence-electron chi connectivity index (χ3n) is 6.31. The van der Waals surface area contributed by atoms with Gasteiger partial charge in [0.2, 0.25) is 5.91 Å². The van der Waals surface area contributed by atoms with Crippen molar-refractivity contribution in [2.24, 2.45) is 0 Å². The van der Waals surface area contributed by atoms with Crippen LogP contribution < -0.4 is 4.74 Å². The predicted octanol–water partition coefficient (Wildman–Crippen LogP) is 2.34. The highest BCUT2D eigenvalue weighted by Gasteiger charge is 2.41. The Morgan fingerprint density at radius 3 is 2.64 bits per heavy atom. The number of rotatable bonds is 7. The normalized spacial score (nSPS) is 22.3. The fourth-order valence-corrected chi connectivity index (χ4v) is 4.45. The molecule has 2 aliphatic heterocycles. The van der Waals surface area contributed by atoms with Crippen LogP contribution in [-0.2, 0) is 16.1 Å². The summed E-state index contributed by atoms with van der Waals surface area (Å²) < 4.78 is 25.6. The third-order valence-corrected chi connectivity index (χ3v) is 6.31. The van der Waals surface area contributed by atoms with Crippen LogP contribution in [-0.4, -0.2) is 90.7 Å². The average molecular weight is 457 g/mol. The largest absolute Gasteiger partial charge is 0.491 e. The van der Waals surface area contributed by atoms with Crippen molar-refractivity contribution in [1.82, 2.24) is 19.7 Å². The standard InChI is InChI=1S/C25H33FN4O3/c1-20-13-21(16-27-15-20)17-29-11-12-33-25(18-29,19-32-23-5-3-22(26)4-6-23)14-24(31)30-9-7-28(2)8-10-30/h3-6,13,15-16H,7-12,14,17-19H2,1-2H3/t25-/m0/s1. The Labute approximate surface area is 195 Å². The second kappa shape index (κ2) is 10.6. The van der Waals surface area contributed by atoms with Crippen molar-refractivity contribution in [3.63, 3.8) is 0 Å². The van der Waals surface area contributed by atoms with Crippen LogP contribution >= 0.6 is 0 Å². The lowest BCUT2D eigenvalue weighted by Gasteiger charge is -2.43. The number of carbonyl (C=O) groups excluding carboxylic acids is 1. The van der Waals surface area contributed by atoms with Gasteiger partial charge in [-0.15, -0.1) is 0 Å². The second-order valence-electron chi connectivity index (χ2n) is 9.22. The molecule has 2 saturated heterocycles. The zero-order chi connectivity index (χ0) is 23.3. The first-order valence-corrected chi connectivity index (χ1v) is 11.5. The molecule has 0 aliphatic carbocycles. The number of piperazine rings is 1. The summed E-state index contributed by atoms with van der Waals surface area (Å²) in [5.41, 5.74) is 1.48. The van der Waals surface area contributed by atoms with Gasteiger partial charge in [0.25, 0.3) is 0 Å². The van der Waals surface area contributed by atoms with Crippen molar-refractivity contribution in [3.8, 4) is 5.75 Å². The lowest BCUT2D eigenvalue weighted by Crippen LogP contribution is -2.58. The molecule has 1 atom stereocenters. The lowest BCUT2D eigenvalue weighted by atomic mass is 9.96. The highest BCUT2D eigenvalue weighted by Crippen LogP contribution is 2.27. The quantitative estimate of drug-likeness (QED) is 0.638. The highest BCUT2D eigenvalue weighted by atomic mass is 19.1. The number of morpholine rings is 1. The van der Waals surface area contributed by atoms with Crippen molar-refractivity contribution < 1.29 is 18.7 Å². The third kappa shape index (κ3) is 6.50. The van der Waals surface area contributed by atoms with Crippen LogP contribution in [0.2, 0.25) is 0 Å². The first kappa shape index (κ1) is 23.6. The van der Waals surface area contributed by atoms with Gasteiger partial charge >= 0.3 is 0 Å². The number of pyridine rings is 1. The van der Waals surface area contributed by atoms with Gasteiger partial charge in [-0.05, 0) is 49.4 Å². The molecule has 2 fully saturated rings. The molecule has 2 aliphatic rings. The van der Waals surface area contributed by atoms with E-state index in [1.807, 2.05) is 24.2 Å². The summed E-state index contributed by atoms with van der Waals surface area (Å²) >= 11 is 0. The zero-order valence-corrected chi connectivity index (χ0v) is 19.5. The Morgan fingerprint density at radius 2 is 1.91 bits per heavy atom. The number of hydrogen-bond acceptors (Lipinski definition) is 6. The van der Waals surface area contributed by atoms with E-state index in [-0.39, 0.29) is 24.8 Å². The number of hydrogen-bond donors (Lipinski definition) is 0. The minimum Gasteiger partial charge on any atom is -0.491 e. The topological polar surface area (TPSA) is 58.1 Å². The summed E-state index contributed by atoms with van der Waals surface area (Å²) in [6, 6.07) is 8.08. The maximum atomic E-state index is 13.3. The van der Waals surface area contributed by atoms with E-state index in [1.165, 1.54) is 12.1 Å². The number of ether oxygens (including phenoxy) is 2. The molecule has 0 N–H and O–H groups in total. The fraction of sp³-hybridized carbons (Fsp3) is 0.520. The van der Waals surface area contributed by atoms with E-state index in [9.17, 15) is 9.18 Å². The van der Waals surface area contributed by atoms with Gasteiger partial charge in [0.1, 0.15) is 23.8 Å². The number of carbonyl (C=O) groups is 1. The average Bonchev–Trinajstić information content (AvgIpc) is 2.79. The summed E-state index contributed by atoms with van der Waals surface area (Å²) in [6.45, 7) is 8.05. The Balaban J connectivity index is 1.48. The molecule has 0 unspecified atom stereocenters. The van der Waals surface area contributed by atoms with Gasteiger partial charge in [0.15, 0.2) is 0 Å². The van der Waals surface area contributed by atoms with Gasteiger partial charge in [-0.25, -0.2) is 4.39 Å². The number of likely N-dealkylation sites (N-methyl/N-ethyl adjacent to an activating group) is 1. The Hall–Kier alpha value is -2.55. The van der Waals surface area contributed by atoms with Gasteiger partial charge in [0, 0.05) is 58.2 Å². The molecule has 3 heterocycles. The molecule has 1 aromatic heterocycles. The first-order chi connectivity index (χ1) is 15.9. The highest BCUT2D eigenvalue weighted by molar-refractivity contribution is 5.77. The summed E-state index contributed by atoms with van der Waals surface area (Å²) in [7, 11) is 2.07. The molecule has 178 valence electrons. The summed E-state index contributed by atoms with van der Waals surface area (Å²) in [5, 5.41) is 0. The first-order valence-electron chi connectivity index (χ1n) is 11.5. The van der Waals surface area contributed by atoms with Crippen LogP contribution in [0.25, 0.3) is 0 Å². The van der Waals surface area contributed by atoms with Crippen LogP contribution in [0.5, 0.6) is 5.75 Å². The van der Waals surface area contributed by atoms with Crippen LogP contribution in [0, 0.1) is 12.7 Å². The molecule has 0 bridgehead atoms. The lowest BCUT2D eigenvalue weighted by molar-refractivity contribution is -0.157. The Morgan fingerprint density at radius 1 is 1.15 bits per heavy atom. The van der Waals surface area contributed by atoms with E-state index < -0.39 is 5.60 Å². The molecule has 0 radical (unpaired) electrons. The van der Waals surface area contributed by atoms with Crippen molar-refractivity contribution in [3.05, 3.63) is 59.7 Å². The number of halogens is 1. The molecule has 0 saturated carbocycles. The van der Waals surface area contributed by atoms with Crippen molar-refractivity contribution in [2.45, 2.75) is 25.5 Å². The number of amides is 1. The molecule has 1 aromatic carbocycles. The van der Waals surface area contributed by atoms with Crippen LogP contribution in [0.4, 0.5) is 4.39 Å². The van der Waals surface area contributed by atoms with E-state index in [2.05, 4.69) is 27.9 Å². The van der Waals surface area contributed by atoms with Crippen molar-refractivity contribution in [1.29, 1.82) is 0 Å². The van der Waals surface area contributed by atoms with Crippen LogP contribution in [0.1, 0.15) is 17.5 Å². The molecule has 2 aromatic rings. The van der Waals surface area contributed by atoms with Crippen LogP contribution in [0.3, 0.4) is 0 Å². The van der Waals surface area contributed by atoms with Gasteiger partial charge in [0.05, 0.1) is 13.0 Å². The number of benzene rings is 1. The molecular formula is C25H33FN4O3. The van der Waals surface area contributed by atoms with E-state index in [0.29, 0.717) is 18.9 Å². The molecule has 1 amide bonds. The van der Waals surface area contributed by atoms with Crippen LogP contribution in [0.15, 0.2) is 42.7 Å². The molecule has 7 nitrogen and oxygen atoms in total. The maximum absolute atomic E-state index is 13.3. The molecular weight excluding hydrogens is 423 g/mol. The van der Waals surface area contributed by atoms with E-state index >= 15 is 0 Å². The second-order valence-corrected chi connectivity index (χ2v) is 9.22. The van der Waals surface area contributed by atoms with E-state index in [1.54, 1.807) is 12.1 Å². The van der Waals surface area contributed by atoms with Gasteiger partial charge in [-0.2, -0.15) is 0 Å². The summed E-state index contributed by atoms with van der Waals surface area (Å²) in [5.74, 6) is 0.338. The van der Waals surface area contributed by atoms with Gasteiger partial charge < -0.3 is 19.3 Å². The Bertz CT molecular complexity index is 934. The monoisotopic (exact) mass is 456 g/mol. The number of nitrogens with zero attached hydrogens (tertiary/aromatic N) is 4. The zero-order valence-electron chi connectivity index (χ0n) is 19.5. The number of aryl methyl sites for hydroxylation is 1. The summed E-state index contributed by atoms with van der Waals surface area (Å²) in [4.78, 5) is 24.0. The van der Waals surface area contributed by atoms with Crippen molar-refractivity contribution in [2.75, 3.05) is 59.5 Å². The van der Waals surface area contributed by atoms with Gasteiger partial charge in [-0.3, -0.25) is 14.7 Å². The fourth-order valence-electron chi connectivity index (χ4n) is 4.45. The molecule has 0 spiro atoms. The smallest absolute Gasteiger partial charge is 0.225 e. The number of aromatic nitrogens is 1. The van der Waals surface area contributed by atoms with E-state index in [4.69, 9.17) is 9.47 Å². The molecule has 33 heavy (non-hydrogen) atoms. The predicted molar refractivity (Wildman–Crippen MR) is 124 cm³/mol.